The average molecular weight is 352 g/mol. The number of nitro benzene ring substituents is 1. The summed E-state index contributed by atoms with van der Waals surface area (Å²) in [5, 5.41) is 13.1. The molecule has 1 aromatic carbocycles. The molecule has 0 saturated carbocycles. The summed E-state index contributed by atoms with van der Waals surface area (Å²) in [5.41, 5.74) is -0.792. The van der Waals surface area contributed by atoms with Gasteiger partial charge in [0.1, 0.15) is 17.4 Å². The number of nitrogens with zero attached hydrogens (tertiary/aromatic N) is 1. The summed E-state index contributed by atoms with van der Waals surface area (Å²) in [4.78, 5) is 34.3. The molecule has 1 rings (SSSR count). The average Bonchev–Trinajstić information content (AvgIpc) is 2.44. The lowest BCUT2D eigenvalue weighted by molar-refractivity contribution is -0.384. The number of hydrogen-bond acceptors (Lipinski definition) is 6. The van der Waals surface area contributed by atoms with Crippen molar-refractivity contribution in [3.63, 3.8) is 0 Å². The van der Waals surface area contributed by atoms with Crippen molar-refractivity contribution in [1.29, 1.82) is 0 Å². The Morgan fingerprint density at radius 3 is 2.20 bits per heavy atom. The number of alkyl carbamates (subject to hydrolysis) is 1. The maximum atomic E-state index is 12.3. The fourth-order valence-electron chi connectivity index (χ4n) is 1.96. The predicted octanol–water partition coefficient (Wildman–Crippen LogP) is 3.44. The van der Waals surface area contributed by atoms with Crippen molar-refractivity contribution >= 4 is 17.7 Å². The first-order chi connectivity index (χ1) is 11.5. The Bertz CT molecular complexity index is 619. The third-order valence-electron chi connectivity index (χ3n) is 2.95. The summed E-state index contributed by atoms with van der Waals surface area (Å²) in [6, 6.07) is 4.25. The molecule has 0 saturated heterocycles. The molecule has 8 nitrogen and oxygen atoms in total. The van der Waals surface area contributed by atoms with Gasteiger partial charge in [-0.15, -0.1) is 0 Å². The van der Waals surface area contributed by atoms with Gasteiger partial charge < -0.3 is 14.8 Å². The lowest BCUT2D eigenvalue weighted by Crippen LogP contribution is -2.45. The maximum Gasteiger partial charge on any atom is 0.408 e. The van der Waals surface area contributed by atoms with Gasteiger partial charge in [0.15, 0.2) is 0 Å². The molecule has 1 amide bonds. The van der Waals surface area contributed by atoms with Gasteiger partial charge in [-0.1, -0.05) is 13.8 Å². The molecule has 0 aliphatic rings. The van der Waals surface area contributed by atoms with Gasteiger partial charge in [0, 0.05) is 12.1 Å². The summed E-state index contributed by atoms with van der Waals surface area (Å²) in [7, 11) is 0. The van der Waals surface area contributed by atoms with Crippen LogP contribution in [0.1, 0.15) is 41.0 Å². The van der Waals surface area contributed by atoms with Gasteiger partial charge in [-0.05, 0) is 45.2 Å². The standard InChI is InChI=1S/C17H24N2O6/c1-11(2)10-14(18-16(21)25-17(3,4)5)15(20)24-13-8-6-12(7-9-13)19(22)23/h6-9,11,14H,10H2,1-5H3,(H,18,21)/t14-/m0/s1. The predicted molar refractivity (Wildman–Crippen MR) is 91.3 cm³/mol. The smallest absolute Gasteiger partial charge is 0.408 e. The van der Waals surface area contributed by atoms with Crippen LogP contribution in [-0.4, -0.2) is 28.6 Å². The zero-order valence-electron chi connectivity index (χ0n) is 15.1. The molecular weight excluding hydrogens is 328 g/mol. The van der Waals surface area contributed by atoms with Gasteiger partial charge in [0.2, 0.25) is 0 Å². The fraction of sp³-hybridized carbons (Fsp3) is 0.529. The second-order valence-corrected chi connectivity index (χ2v) is 7.00. The van der Waals surface area contributed by atoms with E-state index in [2.05, 4.69) is 5.32 Å². The van der Waals surface area contributed by atoms with Crippen molar-refractivity contribution in [2.45, 2.75) is 52.7 Å². The molecule has 0 aromatic heterocycles. The Labute approximate surface area is 146 Å². The number of rotatable bonds is 6. The largest absolute Gasteiger partial charge is 0.444 e. The summed E-state index contributed by atoms with van der Waals surface area (Å²) in [6.07, 6.45) is -0.343. The fourth-order valence-corrected chi connectivity index (χ4v) is 1.96. The summed E-state index contributed by atoms with van der Waals surface area (Å²) in [5.74, 6) is -0.367. The topological polar surface area (TPSA) is 108 Å². The van der Waals surface area contributed by atoms with Crippen molar-refractivity contribution < 1.29 is 24.0 Å². The number of ether oxygens (including phenoxy) is 2. The molecule has 0 unspecified atom stereocenters. The lowest BCUT2D eigenvalue weighted by Gasteiger charge is -2.23. The first-order valence-electron chi connectivity index (χ1n) is 7.93. The van der Waals surface area contributed by atoms with Crippen LogP contribution in [-0.2, 0) is 9.53 Å². The molecular formula is C17H24N2O6. The highest BCUT2D eigenvalue weighted by Crippen LogP contribution is 2.18. The number of nitrogens with one attached hydrogen (secondary N) is 1. The summed E-state index contributed by atoms with van der Waals surface area (Å²) < 4.78 is 10.4. The molecule has 0 spiro atoms. The minimum absolute atomic E-state index is 0.106. The maximum absolute atomic E-state index is 12.3. The van der Waals surface area contributed by atoms with E-state index in [0.717, 1.165) is 0 Å². The molecule has 1 N–H and O–H groups in total. The number of carbonyl (C=O) groups is 2. The Kier molecular flexibility index (Phi) is 6.90. The normalized spacial score (nSPS) is 12.4. The van der Waals surface area contributed by atoms with E-state index in [-0.39, 0.29) is 17.4 Å². The second kappa shape index (κ2) is 8.46. The van der Waals surface area contributed by atoms with Crippen LogP contribution in [0.3, 0.4) is 0 Å². The molecule has 0 aliphatic carbocycles. The lowest BCUT2D eigenvalue weighted by atomic mass is 10.0. The Hall–Kier alpha value is -2.64. The van der Waals surface area contributed by atoms with Crippen LogP contribution in [0.15, 0.2) is 24.3 Å². The van der Waals surface area contributed by atoms with Gasteiger partial charge in [-0.2, -0.15) is 0 Å². The Balaban J connectivity index is 2.78. The molecule has 8 heteroatoms. The SMILES string of the molecule is CC(C)C[C@H](NC(=O)OC(C)(C)C)C(=O)Oc1ccc([N+](=O)[O-])cc1. The molecule has 25 heavy (non-hydrogen) atoms. The molecule has 0 bridgehead atoms. The number of nitro groups is 1. The molecule has 0 radical (unpaired) electrons. The first-order valence-corrected chi connectivity index (χ1v) is 7.93. The Morgan fingerprint density at radius 1 is 1.20 bits per heavy atom. The highest BCUT2D eigenvalue weighted by molar-refractivity contribution is 5.83. The second-order valence-electron chi connectivity index (χ2n) is 7.00. The van der Waals surface area contributed by atoms with E-state index in [9.17, 15) is 19.7 Å². The number of amides is 1. The monoisotopic (exact) mass is 352 g/mol. The zero-order valence-corrected chi connectivity index (χ0v) is 15.1. The van der Waals surface area contributed by atoms with Crippen molar-refractivity contribution in [3.8, 4) is 5.75 Å². The van der Waals surface area contributed by atoms with Gasteiger partial charge >= 0.3 is 12.1 Å². The van der Waals surface area contributed by atoms with Crippen LogP contribution in [0.5, 0.6) is 5.75 Å². The molecule has 0 aliphatic heterocycles. The van der Waals surface area contributed by atoms with E-state index in [1.54, 1.807) is 20.8 Å². The molecule has 1 atom stereocenters. The summed E-state index contributed by atoms with van der Waals surface area (Å²) in [6.45, 7) is 8.98. The van der Waals surface area contributed by atoms with Gasteiger partial charge in [-0.25, -0.2) is 9.59 Å². The van der Waals surface area contributed by atoms with Gasteiger partial charge in [0.25, 0.3) is 5.69 Å². The molecule has 0 fully saturated rings. The van der Waals surface area contributed by atoms with Crippen LogP contribution in [0.2, 0.25) is 0 Å². The van der Waals surface area contributed by atoms with Gasteiger partial charge in [0.05, 0.1) is 4.92 Å². The quantitative estimate of drug-likeness (QED) is 0.364. The van der Waals surface area contributed by atoms with E-state index in [1.807, 2.05) is 13.8 Å². The van der Waals surface area contributed by atoms with E-state index >= 15 is 0 Å². The summed E-state index contributed by atoms with van der Waals surface area (Å²) >= 11 is 0. The number of benzene rings is 1. The van der Waals surface area contributed by atoms with Gasteiger partial charge in [-0.3, -0.25) is 10.1 Å². The highest BCUT2D eigenvalue weighted by Gasteiger charge is 2.26. The van der Waals surface area contributed by atoms with E-state index in [4.69, 9.17) is 9.47 Å². The van der Waals surface area contributed by atoms with Crippen LogP contribution in [0.25, 0.3) is 0 Å². The Morgan fingerprint density at radius 2 is 1.76 bits per heavy atom. The van der Waals surface area contributed by atoms with Crippen LogP contribution in [0, 0.1) is 16.0 Å². The molecule has 1 aromatic rings. The van der Waals surface area contributed by atoms with E-state index in [1.165, 1.54) is 24.3 Å². The minimum Gasteiger partial charge on any atom is -0.444 e. The number of non-ortho nitro benzene ring substituents is 1. The first kappa shape index (κ1) is 20.4. The van der Waals surface area contributed by atoms with Crippen LogP contribution < -0.4 is 10.1 Å². The highest BCUT2D eigenvalue weighted by atomic mass is 16.6. The zero-order chi connectivity index (χ0) is 19.2. The van der Waals surface area contributed by atoms with Crippen molar-refractivity contribution in [3.05, 3.63) is 34.4 Å². The number of carbonyl (C=O) groups excluding carboxylic acids is 2. The number of hydrogen-bond donors (Lipinski definition) is 1. The van der Waals surface area contributed by atoms with Crippen molar-refractivity contribution in [2.24, 2.45) is 5.92 Å². The van der Waals surface area contributed by atoms with Crippen LogP contribution >= 0.6 is 0 Å². The number of esters is 1. The minimum atomic E-state index is -0.884. The third-order valence-corrected chi connectivity index (χ3v) is 2.95. The van der Waals surface area contributed by atoms with E-state index in [0.29, 0.717) is 6.42 Å². The molecule has 138 valence electrons. The van der Waals surface area contributed by atoms with Crippen LogP contribution in [0.4, 0.5) is 10.5 Å². The molecule has 0 heterocycles. The third kappa shape index (κ3) is 7.65. The van der Waals surface area contributed by atoms with Crippen molar-refractivity contribution in [2.75, 3.05) is 0 Å². The van der Waals surface area contributed by atoms with Crippen molar-refractivity contribution in [1.82, 2.24) is 5.32 Å². The van der Waals surface area contributed by atoms with E-state index < -0.39 is 28.6 Å².